The maximum atomic E-state index is 5.39. The molecule has 0 fully saturated rings. The lowest BCUT2D eigenvalue weighted by Crippen LogP contribution is -2.06. The van der Waals surface area contributed by atoms with Gasteiger partial charge in [0.15, 0.2) is 11.5 Å². The summed E-state index contributed by atoms with van der Waals surface area (Å²) in [5.74, 6) is 1.43. The molecule has 5 nitrogen and oxygen atoms in total. The van der Waals surface area contributed by atoms with Gasteiger partial charge in [-0.3, -0.25) is 0 Å². The van der Waals surface area contributed by atoms with Gasteiger partial charge in [0.05, 0.1) is 27.0 Å². The van der Waals surface area contributed by atoms with Crippen LogP contribution in [0.4, 0.5) is 0 Å². The lowest BCUT2D eigenvalue weighted by atomic mass is 10.0. The molecule has 0 spiro atoms. The Hall–Kier alpha value is -4.25. The van der Waals surface area contributed by atoms with Crippen molar-refractivity contribution in [3.63, 3.8) is 0 Å². The van der Waals surface area contributed by atoms with Gasteiger partial charge in [-0.2, -0.15) is 5.10 Å². The average molecular weight is 450 g/mol. The number of methoxy groups -OCH3 is 2. The van der Waals surface area contributed by atoms with Gasteiger partial charge in [-0.05, 0) is 40.1 Å². The standard InChI is InChI=1S/C29H27N3O2/c1-33-28-15-14-21(16-29(28)34-2)17-30-31-18-24-20-32(27-13-6-5-12-26(24)27)19-23-10-7-9-22-8-3-4-11-25(22)23/h3-16,18,20,30H,17,19H2,1-2H3/b31-18-. The third kappa shape index (κ3) is 4.33. The molecule has 5 aromatic rings. The summed E-state index contributed by atoms with van der Waals surface area (Å²) in [6.45, 7) is 1.39. The van der Waals surface area contributed by atoms with E-state index < -0.39 is 0 Å². The zero-order valence-electron chi connectivity index (χ0n) is 19.4. The Morgan fingerprint density at radius 3 is 2.44 bits per heavy atom. The molecule has 1 N–H and O–H groups in total. The van der Waals surface area contributed by atoms with Crippen molar-refractivity contribution in [3.05, 3.63) is 108 Å². The number of ether oxygens (including phenoxy) is 2. The molecule has 170 valence electrons. The lowest BCUT2D eigenvalue weighted by molar-refractivity contribution is 0.354. The lowest BCUT2D eigenvalue weighted by Gasteiger charge is -2.09. The summed E-state index contributed by atoms with van der Waals surface area (Å²) in [6.07, 6.45) is 4.07. The second-order valence-electron chi connectivity index (χ2n) is 8.15. The number of hydrogen-bond donors (Lipinski definition) is 1. The van der Waals surface area contributed by atoms with Gasteiger partial charge < -0.3 is 19.5 Å². The number of nitrogens with zero attached hydrogens (tertiary/aromatic N) is 2. The number of nitrogens with one attached hydrogen (secondary N) is 1. The summed E-state index contributed by atoms with van der Waals surface area (Å²) < 4.78 is 13.0. The molecule has 0 aliphatic heterocycles. The maximum Gasteiger partial charge on any atom is 0.161 e. The normalized spacial score (nSPS) is 11.4. The summed E-state index contributed by atoms with van der Waals surface area (Å²) in [4.78, 5) is 0. The first-order valence-corrected chi connectivity index (χ1v) is 11.3. The molecule has 5 rings (SSSR count). The first-order chi connectivity index (χ1) is 16.8. The summed E-state index contributed by atoms with van der Waals surface area (Å²) in [7, 11) is 3.28. The molecule has 0 radical (unpaired) electrons. The van der Waals surface area contributed by atoms with Crippen LogP contribution in [-0.4, -0.2) is 25.0 Å². The van der Waals surface area contributed by atoms with Gasteiger partial charge in [-0.25, -0.2) is 0 Å². The minimum absolute atomic E-state index is 0.589. The number of fused-ring (bicyclic) bond motifs is 2. The van der Waals surface area contributed by atoms with Crippen LogP contribution in [0.15, 0.2) is 96.2 Å². The highest BCUT2D eigenvalue weighted by atomic mass is 16.5. The van der Waals surface area contributed by atoms with Gasteiger partial charge in [-0.15, -0.1) is 0 Å². The Morgan fingerprint density at radius 1 is 0.824 bits per heavy atom. The summed E-state index contributed by atoms with van der Waals surface area (Å²) >= 11 is 0. The van der Waals surface area contributed by atoms with Gasteiger partial charge in [0.25, 0.3) is 0 Å². The zero-order chi connectivity index (χ0) is 23.3. The second-order valence-corrected chi connectivity index (χ2v) is 8.15. The third-order valence-corrected chi connectivity index (χ3v) is 6.07. The average Bonchev–Trinajstić information content (AvgIpc) is 3.24. The Bertz CT molecular complexity index is 1460. The number of benzene rings is 4. The van der Waals surface area contributed by atoms with Crippen molar-refractivity contribution in [2.24, 2.45) is 5.10 Å². The predicted octanol–water partition coefficient (Wildman–Crippen LogP) is 5.98. The van der Waals surface area contributed by atoms with Crippen molar-refractivity contribution in [3.8, 4) is 11.5 Å². The number of hydrazone groups is 1. The molecule has 0 bridgehead atoms. The Kier molecular flexibility index (Phi) is 6.17. The number of hydrogen-bond acceptors (Lipinski definition) is 4. The molecular formula is C29H27N3O2. The molecule has 0 saturated carbocycles. The largest absolute Gasteiger partial charge is 0.493 e. The van der Waals surface area contributed by atoms with Crippen LogP contribution in [0.1, 0.15) is 16.7 Å². The molecule has 4 aromatic carbocycles. The molecule has 1 heterocycles. The van der Waals surface area contributed by atoms with E-state index in [1.54, 1.807) is 14.2 Å². The number of aromatic nitrogens is 1. The van der Waals surface area contributed by atoms with E-state index in [-0.39, 0.29) is 0 Å². The fourth-order valence-electron chi connectivity index (χ4n) is 4.37. The van der Waals surface area contributed by atoms with E-state index in [1.165, 1.54) is 27.2 Å². The van der Waals surface area contributed by atoms with E-state index >= 15 is 0 Å². The molecule has 1 aromatic heterocycles. The van der Waals surface area contributed by atoms with Crippen LogP contribution in [0.3, 0.4) is 0 Å². The van der Waals surface area contributed by atoms with Crippen LogP contribution in [0, 0.1) is 0 Å². The first kappa shape index (κ1) is 21.6. The number of para-hydroxylation sites is 1. The van der Waals surface area contributed by atoms with Gasteiger partial charge >= 0.3 is 0 Å². The summed E-state index contributed by atoms with van der Waals surface area (Å²) in [5.41, 5.74) is 7.78. The van der Waals surface area contributed by atoms with Crippen molar-refractivity contribution < 1.29 is 9.47 Å². The van der Waals surface area contributed by atoms with Gasteiger partial charge in [0, 0.05) is 29.2 Å². The second kappa shape index (κ2) is 9.71. The monoisotopic (exact) mass is 449 g/mol. The maximum absolute atomic E-state index is 5.39. The third-order valence-electron chi connectivity index (χ3n) is 6.07. The van der Waals surface area contributed by atoms with E-state index in [0.29, 0.717) is 18.0 Å². The zero-order valence-corrected chi connectivity index (χ0v) is 19.4. The van der Waals surface area contributed by atoms with E-state index in [9.17, 15) is 0 Å². The van der Waals surface area contributed by atoms with Crippen LogP contribution in [0.2, 0.25) is 0 Å². The number of rotatable bonds is 8. The Labute approximate surface area is 199 Å². The first-order valence-electron chi connectivity index (χ1n) is 11.3. The SMILES string of the molecule is COc1ccc(CN/N=C\c2cn(Cc3cccc4ccccc34)c3ccccc23)cc1OC. The molecule has 34 heavy (non-hydrogen) atoms. The quantitative estimate of drug-likeness (QED) is 0.234. The predicted molar refractivity (Wildman–Crippen MR) is 139 cm³/mol. The Morgan fingerprint density at radius 2 is 1.59 bits per heavy atom. The Balaban J connectivity index is 1.37. The molecule has 0 saturated heterocycles. The minimum Gasteiger partial charge on any atom is -0.493 e. The fourth-order valence-corrected chi connectivity index (χ4v) is 4.37. The van der Waals surface area contributed by atoms with Crippen LogP contribution >= 0.6 is 0 Å². The van der Waals surface area contributed by atoms with Crippen LogP contribution in [-0.2, 0) is 13.1 Å². The van der Waals surface area contributed by atoms with Crippen LogP contribution in [0.25, 0.3) is 21.7 Å². The summed E-state index contributed by atoms with van der Waals surface area (Å²) in [6, 6.07) is 29.3. The highest BCUT2D eigenvalue weighted by Crippen LogP contribution is 2.27. The highest BCUT2D eigenvalue weighted by molar-refractivity contribution is 5.99. The molecule has 0 amide bonds. The van der Waals surface area contributed by atoms with Crippen molar-refractivity contribution >= 4 is 27.9 Å². The van der Waals surface area contributed by atoms with Gasteiger partial charge in [0.1, 0.15) is 0 Å². The van der Waals surface area contributed by atoms with Crippen molar-refractivity contribution in [2.75, 3.05) is 14.2 Å². The molecule has 5 heteroatoms. The molecular weight excluding hydrogens is 422 g/mol. The topological polar surface area (TPSA) is 47.8 Å². The van der Waals surface area contributed by atoms with E-state index in [1.807, 2.05) is 24.4 Å². The van der Waals surface area contributed by atoms with Crippen molar-refractivity contribution in [1.82, 2.24) is 9.99 Å². The molecule has 0 aliphatic carbocycles. The van der Waals surface area contributed by atoms with Crippen molar-refractivity contribution in [1.29, 1.82) is 0 Å². The van der Waals surface area contributed by atoms with Crippen LogP contribution in [0.5, 0.6) is 11.5 Å². The molecule has 0 aliphatic rings. The van der Waals surface area contributed by atoms with E-state index in [0.717, 1.165) is 17.7 Å². The highest BCUT2D eigenvalue weighted by Gasteiger charge is 2.09. The van der Waals surface area contributed by atoms with E-state index in [4.69, 9.17) is 9.47 Å². The summed E-state index contributed by atoms with van der Waals surface area (Å²) in [5, 5.41) is 8.22. The fraction of sp³-hybridized carbons (Fsp3) is 0.138. The van der Waals surface area contributed by atoms with E-state index in [2.05, 4.69) is 88.0 Å². The molecule has 0 atom stereocenters. The molecule has 0 unspecified atom stereocenters. The van der Waals surface area contributed by atoms with Crippen LogP contribution < -0.4 is 14.9 Å². The smallest absolute Gasteiger partial charge is 0.161 e. The van der Waals surface area contributed by atoms with Crippen molar-refractivity contribution in [2.45, 2.75) is 13.1 Å². The van der Waals surface area contributed by atoms with Gasteiger partial charge in [0.2, 0.25) is 0 Å². The van der Waals surface area contributed by atoms with Gasteiger partial charge in [-0.1, -0.05) is 66.7 Å². The minimum atomic E-state index is 0.589.